The van der Waals surface area contributed by atoms with Crippen molar-refractivity contribution < 1.29 is 35.8 Å². The van der Waals surface area contributed by atoms with Gasteiger partial charge in [-0.15, -0.1) is 13.2 Å². The topological polar surface area (TPSA) is 88.8 Å². The third-order valence-corrected chi connectivity index (χ3v) is 5.35. The van der Waals surface area contributed by atoms with Crippen molar-refractivity contribution in [3.63, 3.8) is 0 Å². The van der Waals surface area contributed by atoms with E-state index >= 15 is 0 Å². The average Bonchev–Trinajstić information content (AvgIpc) is 3.04. The predicted molar refractivity (Wildman–Crippen MR) is 94.1 cm³/mol. The molecular weight excluding hydrogens is 399 g/mol. The molecule has 1 unspecified atom stereocenters. The van der Waals surface area contributed by atoms with E-state index in [1.807, 2.05) is 0 Å². The van der Waals surface area contributed by atoms with Crippen LogP contribution in [-0.2, 0) is 15.6 Å². The Kier molecular flexibility index (Phi) is 5.13. The number of furan rings is 1. The monoisotopic (exact) mass is 415 g/mol. The summed E-state index contributed by atoms with van der Waals surface area (Å²) in [6.45, 7) is 0.976. The van der Waals surface area contributed by atoms with Gasteiger partial charge in [0.1, 0.15) is 22.7 Å². The van der Waals surface area contributed by atoms with Crippen molar-refractivity contribution in [3.05, 3.63) is 60.4 Å². The molecule has 0 aliphatic carbocycles. The minimum absolute atomic E-state index is 0.172. The number of aliphatic hydroxyl groups is 1. The lowest BCUT2D eigenvalue weighted by atomic mass is 10.0. The largest absolute Gasteiger partial charge is 0.573 e. The van der Waals surface area contributed by atoms with E-state index in [1.165, 1.54) is 6.92 Å². The molecule has 0 spiro atoms. The summed E-state index contributed by atoms with van der Waals surface area (Å²) in [5.74, 6) is -0.369. The zero-order valence-electron chi connectivity index (χ0n) is 14.5. The maximum Gasteiger partial charge on any atom is 0.573 e. The molecule has 0 radical (unpaired) electrons. The number of benzene rings is 2. The molecule has 6 nitrogen and oxygen atoms in total. The molecule has 0 aliphatic heterocycles. The minimum Gasteiger partial charge on any atom is -0.458 e. The number of rotatable bonds is 6. The van der Waals surface area contributed by atoms with Crippen LogP contribution in [0.25, 0.3) is 11.0 Å². The molecule has 150 valence electrons. The van der Waals surface area contributed by atoms with Crippen LogP contribution in [0.2, 0.25) is 0 Å². The van der Waals surface area contributed by atoms with Crippen LogP contribution in [0.15, 0.2) is 63.9 Å². The maximum absolute atomic E-state index is 12.4. The van der Waals surface area contributed by atoms with Crippen LogP contribution < -0.4 is 9.46 Å². The zero-order chi connectivity index (χ0) is 20.6. The molecule has 0 fully saturated rings. The lowest BCUT2D eigenvalue weighted by molar-refractivity contribution is -0.274. The molecular formula is C18H16F3NO5S. The van der Waals surface area contributed by atoms with Gasteiger partial charge in [0.15, 0.2) is 0 Å². The minimum atomic E-state index is -4.87. The Morgan fingerprint density at radius 3 is 2.36 bits per heavy atom. The van der Waals surface area contributed by atoms with Crippen molar-refractivity contribution >= 4 is 21.0 Å². The number of sulfonamides is 1. The van der Waals surface area contributed by atoms with Crippen LogP contribution in [0.3, 0.4) is 0 Å². The smallest absolute Gasteiger partial charge is 0.458 e. The summed E-state index contributed by atoms with van der Waals surface area (Å²) in [5, 5.41) is 11.4. The highest BCUT2D eigenvalue weighted by Gasteiger charge is 2.32. The van der Waals surface area contributed by atoms with Gasteiger partial charge in [-0.1, -0.05) is 18.2 Å². The van der Waals surface area contributed by atoms with E-state index in [1.54, 1.807) is 30.3 Å². The van der Waals surface area contributed by atoms with Gasteiger partial charge in [-0.05, 0) is 43.3 Å². The third kappa shape index (κ3) is 4.64. The fourth-order valence-corrected chi connectivity index (χ4v) is 3.61. The summed E-state index contributed by atoms with van der Waals surface area (Å²) in [5.41, 5.74) is -1.10. The number of nitrogens with one attached hydrogen (secondary N) is 1. The SMILES string of the molecule is CC(O)(CNS(=O)(=O)c1ccc(OC(F)(F)F)cc1)c1cc2ccccc2o1. The van der Waals surface area contributed by atoms with Crippen molar-refractivity contribution in [1.82, 2.24) is 4.72 Å². The van der Waals surface area contributed by atoms with Gasteiger partial charge >= 0.3 is 6.36 Å². The highest BCUT2D eigenvalue weighted by molar-refractivity contribution is 7.89. The molecule has 0 bridgehead atoms. The summed E-state index contributed by atoms with van der Waals surface area (Å²) in [4.78, 5) is -0.276. The van der Waals surface area contributed by atoms with E-state index in [0.29, 0.717) is 5.58 Å². The van der Waals surface area contributed by atoms with Crippen molar-refractivity contribution in [2.75, 3.05) is 6.54 Å². The zero-order valence-corrected chi connectivity index (χ0v) is 15.3. The molecule has 28 heavy (non-hydrogen) atoms. The van der Waals surface area contributed by atoms with Gasteiger partial charge < -0.3 is 14.3 Å². The van der Waals surface area contributed by atoms with E-state index in [0.717, 1.165) is 29.7 Å². The summed E-state index contributed by atoms with van der Waals surface area (Å²) in [6.07, 6.45) is -4.87. The number of hydrogen-bond donors (Lipinski definition) is 2. The van der Waals surface area contributed by atoms with Crippen molar-refractivity contribution in [2.24, 2.45) is 0 Å². The molecule has 3 aromatic rings. The van der Waals surface area contributed by atoms with Gasteiger partial charge in [0.2, 0.25) is 10.0 Å². The standard InChI is InChI=1S/C18H16F3NO5S/c1-17(23,16-10-12-4-2-3-5-15(12)26-16)11-22-28(24,25)14-8-6-13(7-9-14)27-18(19,20)21/h2-10,22-23H,11H2,1H3. The van der Waals surface area contributed by atoms with Gasteiger partial charge in [-0.2, -0.15) is 0 Å². The van der Waals surface area contributed by atoms with Gasteiger partial charge in [-0.3, -0.25) is 0 Å². The van der Waals surface area contributed by atoms with Gasteiger partial charge in [0, 0.05) is 11.9 Å². The molecule has 10 heteroatoms. The molecule has 0 saturated carbocycles. The Morgan fingerprint density at radius 2 is 1.75 bits per heavy atom. The summed E-state index contributed by atoms with van der Waals surface area (Å²) in [7, 11) is -4.08. The molecule has 0 aliphatic rings. The quantitative estimate of drug-likeness (QED) is 0.643. The molecule has 0 saturated heterocycles. The highest BCUT2D eigenvalue weighted by Crippen LogP contribution is 2.28. The van der Waals surface area contributed by atoms with Crippen molar-refractivity contribution in [1.29, 1.82) is 0 Å². The number of ether oxygens (including phenoxy) is 1. The Labute approximate surface area is 158 Å². The van der Waals surface area contributed by atoms with Crippen LogP contribution in [0, 0.1) is 0 Å². The lowest BCUT2D eigenvalue weighted by Crippen LogP contribution is -2.38. The molecule has 1 aromatic heterocycles. The Morgan fingerprint density at radius 1 is 1.11 bits per heavy atom. The number of para-hydroxylation sites is 1. The van der Waals surface area contributed by atoms with E-state index < -0.39 is 34.3 Å². The molecule has 1 heterocycles. The first-order valence-electron chi connectivity index (χ1n) is 8.03. The van der Waals surface area contributed by atoms with Crippen LogP contribution in [0.4, 0.5) is 13.2 Å². The van der Waals surface area contributed by atoms with E-state index in [9.17, 15) is 26.7 Å². The first-order chi connectivity index (χ1) is 13.0. The summed E-state index contributed by atoms with van der Waals surface area (Å²) in [6, 6.07) is 12.4. The second-order valence-corrected chi connectivity index (χ2v) is 8.03. The number of fused-ring (bicyclic) bond motifs is 1. The first-order valence-corrected chi connectivity index (χ1v) is 9.51. The third-order valence-electron chi connectivity index (χ3n) is 3.93. The highest BCUT2D eigenvalue weighted by atomic mass is 32.2. The summed E-state index contributed by atoms with van der Waals surface area (Å²) < 4.78 is 72.7. The number of alkyl halides is 3. The van der Waals surface area contributed by atoms with E-state index in [4.69, 9.17) is 4.42 Å². The predicted octanol–water partition coefficient (Wildman–Crippen LogP) is 3.52. The lowest BCUT2D eigenvalue weighted by Gasteiger charge is -2.21. The van der Waals surface area contributed by atoms with Crippen LogP contribution in [0.5, 0.6) is 5.75 Å². The molecule has 1 atom stereocenters. The summed E-state index contributed by atoms with van der Waals surface area (Å²) >= 11 is 0. The molecule has 0 amide bonds. The van der Waals surface area contributed by atoms with Crippen LogP contribution in [-0.4, -0.2) is 26.4 Å². The molecule has 2 N–H and O–H groups in total. The van der Waals surface area contributed by atoms with Crippen molar-refractivity contribution in [2.45, 2.75) is 23.8 Å². The second kappa shape index (κ2) is 7.12. The van der Waals surface area contributed by atoms with E-state index in [-0.39, 0.29) is 10.7 Å². The van der Waals surface area contributed by atoms with Gasteiger partial charge in [-0.25, -0.2) is 13.1 Å². The molecule has 3 rings (SSSR count). The Balaban J connectivity index is 1.73. The number of halogens is 3. The second-order valence-electron chi connectivity index (χ2n) is 6.27. The van der Waals surface area contributed by atoms with Crippen molar-refractivity contribution in [3.8, 4) is 5.75 Å². The normalized spacial score (nSPS) is 14.8. The Bertz CT molecular complexity index is 1040. The van der Waals surface area contributed by atoms with Crippen LogP contribution in [0.1, 0.15) is 12.7 Å². The maximum atomic E-state index is 12.4. The Hall–Kier alpha value is -2.56. The van der Waals surface area contributed by atoms with Gasteiger partial charge in [0.25, 0.3) is 0 Å². The average molecular weight is 415 g/mol. The van der Waals surface area contributed by atoms with Gasteiger partial charge in [0.05, 0.1) is 4.90 Å². The van der Waals surface area contributed by atoms with Crippen LogP contribution >= 0.6 is 0 Å². The first kappa shape index (κ1) is 20.2. The van der Waals surface area contributed by atoms with E-state index in [2.05, 4.69) is 9.46 Å². The number of hydrogen-bond acceptors (Lipinski definition) is 5. The molecule has 2 aromatic carbocycles. The fourth-order valence-electron chi connectivity index (χ4n) is 2.47. The fraction of sp³-hybridized carbons (Fsp3) is 0.222.